The minimum absolute atomic E-state index is 0.141. The molecule has 0 aliphatic carbocycles. The lowest BCUT2D eigenvalue weighted by atomic mass is 9.96. The van der Waals surface area contributed by atoms with Gasteiger partial charge in [0.15, 0.2) is 0 Å². The molecule has 0 heterocycles. The lowest BCUT2D eigenvalue weighted by Gasteiger charge is -2.23. The highest BCUT2D eigenvalue weighted by atomic mass is 19.1. The number of hydrogen-bond donors (Lipinski definition) is 1. The monoisotopic (exact) mass is 271 g/mol. The molecule has 1 nitrogen and oxygen atoms in total. The molecule has 0 saturated heterocycles. The van der Waals surface area contributed by atoms with Gasteiger partial charge in [-0.1, -0.05) is 56.3 Å². The van der Waals surface area contributed by atoms with Crippen molar-refractivity contribution in [2.45, 2.75) is 33.4 Å². The average molecular weight is 271 g/mol. The van der Waals surface area contributed by atoms with Crippen molar-refractivity contribution in [3.63, 3.8) is 0 Å². The van der Waals surface area contributed by atoms with E-state index in [9.17, 15) is 4.39 Å². The lowest BCUT2D eigenvalue weighted by molar-refractivity contribution is 0.410. The summed E-state index contributed by atoms with van der Waals surface area (Å²) in [5.74, 6) is 0.358. The van der Waals surface area contributed by atoms with Crippen LogP contribution >= 0.6 is 0 Å². The number of halogens is 1. The molecule has 20 heavy (non-hydrogen) atoms. The Labute approximate surface area is 120 Å². The molecule has 2 rings (SSSR count). The topological polar surface area (TPSA) is 12.0 Å². The van der Waals surface area contributed by atoms with Crippen LogP contribution in [-0.4, -0.2) is 0 Å². The Morgan fingerprint density at radius 2 is 1.75 bits per heavy atom. The molecule has 0 spiro atoms. The SMILES string of the molecule is Cc1cc(CNC(c2ccccc2)C(C)C)ccc1F. The summed E-state index contributed by atoms with van der Waals surface area (Å²) in [5.41, 5.74) is 3.11. The zero-order valence-electron chi connectivity index (χ0n) is 12.4. The molecular formula is C18H22FN. The van der Waals surface area contributed by atoms with E-state index in [1.807, 2.05) is 18.2 Å². The van der Waals surface area contributed by atoms with Crippen molar-refractivity contribution in [1.29, 1.82) is 0 Å². The summed E-state index contributed by atoms with van der Waals surface area (Å²) < 4.78 is 13.3. The van der Waals surface area contributed by atoms with Gasteiger partial charge < -0.3 is 5.32 Å². The Hall–Kier alpha value is -1.67. The fourth-order valence-electron chi connectivity index (χ4n) is 2.44. The van der Waals surface area contributed by atoms with Crippen molar-refractivity contribution in [3.05, 3.63) is 71.0 Å². The van der Waals surface area contributed by atoms with Crippen molar-refractivity contribution in [1.82, 2.24) is 5.32 Å². The smallest absolute Gasteiger partial charge is 0.126 e. The fourth-order valence-corrected chi connectivity index (χ4v) is 2.44. The molecule has 0 bridgehead atoms. The minimum atomic E-state index is -0.141. The van der Waals surface area contributed by atoms with Crippen molar-refractivity contribution in [2.24, 2.45) is 5.92 Å². The highest BCUT2D eigenvalue weighted by molar-refractivity contribution is 5.25. The number of benzene rings is 2. The number of hydrogen-bond acceptors (Lipinski definition) is 1. The molecule has 0 aromatic heterocycles. The standard InChI is InChI=1S/C18H22FN/c1-13(2)18(16-7-5-4-6-8-16)20-12-15-9-10-17(19)14(3)11-15/h4-11,13,18,20H,12H2,1-3H3. The first-order chi connectivity index (χ1) is 9.58. The molecule has 0 aliphatic heterocycles. The molecule has 0 amide bonds. The molecule has 0 aliphatic rings. The van der Waals surface area contributed by atoms with Gasteiger partial charge in [0, 0.05) is 12.6 Å². The third-order valence-electron chi connectivity index (χ3n) is 3.57. The molecule has 1 unspecified atom stereocenters. The maximum atomic E-state index is 13.3. The van der Waals surface area contributed by atoms with Gasteiger partial charge in [0.1, 0.15) is 5.82 Å². The Morgan fingerprint density at radius 3 is 2.35 bits per heavy atom. The first kappa shape index (κ1) is 14.7. The van der Waals surface area contributed by atoms with Crippen LogP contribution in [0.2, 0.25) is 0 Å². The van der Waals surface area contributed by atoms with Gasteiger partial charge in [0.2, 0.25) is 0 Å². The van der Waals surface area contributed by atoms with Crippen molar-refractivity contribution < 1.29 is 4.39 Å². The molecule has 0 saturated carbocycles. The summed E-state index contributed by atoms with van der Waals surface area (Å²) >= 11 is 0. The second kappa shape index (κ2) is 6.67. The Kier molecular flexibility index (Phi) is 4.91. The van der Waals surface area contributed by atoms with E-state index in [1.165, 1.54) is 5.56 Å². The Bertz CT molecular complexity index is 549. The van der Waals surface area contributed by atoms with Gasteiger partial charge in [-0.15, -0.1) is 0 Å². The first-order valence-corrected chi connectivity index (χ1v) is 7.11. The van der Waals surface area contributed by atoms with Crippen LogP contribution in [0.5, 0.6) is 0 Å². The van der Waals surface area contributed by atoms with Crippen LogP contribution in [0.3, 0.4) is 0 Å². The van der Waals surface area contributed by atoms with Crippen LogP contribution < -0.4 is 5.32 Å². The Balaban J connectivity index is 2.08. The van der Waals surface area contributed by atoms with E-state index in [4.69, 9.17) is 0 Å². The van der Waals surface area contributed by atoms with Crippen LogP contribution in [0, 0.1) is 18.7 Å². The van der Waals surface area contributed by atoms with E-state index >= 15 is 0 Å². The third kappa shape index (κ3) is 3.67. The second-order valence-electron chi connectivity index (χ2n) is 5.60. The van der Waals surface area contributed by atoms with Gasteiger partial charge in [-0.25, -0.2) is 4.39 Å². The minimum Gasteiger partial charge on any atom is -0.306 e. The summed E-state index contributed by atoms with van der Waals surface area (Å²) in [4.78, 5) is 0. The van der Waals surface area contributed by atoms with Gasteiger partial charge >= 0.3 is 0 Å². The molecule has 106 valence electrons. The molecule has 0 radical (unpaired) electrons. The van der Waals surface area contributed by atoms with Crippen LogP contribution in [0.25, 0.3) is 0 Å². The van der Waals surface area contributed by atoms with E-state index in [1.54, 1.807) is 13.0 Å². The molecular weight excluding hydrogens is 249 g/mol. The quantitative estimate of drug-likeness (QED) is 0.836. The predicted molar refractivity (Wildman–Crippen MR) is 82.0 cm³/mol. The molecule has 0 fully saturated rings. The van der Waals surface area contributed by atoms with Crippen molar-refractivity contribution in [3.8, 4) is 0 Å². The normalized spacial score (nSPS) is 12.7. The van der Waals surface area contributed by atoms with Crippen molar-refractivity contribution in [2.75, 3.05) is 0 Å². The summed E-state index contributed by atoms with van der Waals surface area (Å²) in [6.45, 7) is 6.97. The van der Waals surface area contributed by atoms with Crippen molar-refractivity contribution >= 4 is 0 Å². The van der Waals surface area contributed by atoms with Gasteiger partial charge in [0.05, 0.1) is 0 Å². The third-order valence-corrected chi connectivity index (χ3v) is 3.57. The molecule has 2 heteroatoms. The first-order valence-electron chi connectivity index (χ1n) is 7.11. The highest BCUT2D eigenvalue weighted by Crippen LogP contribution is 2.22. The van der Waals surface area contributed by atoms with E-state index < -0.39 is 0 Å². The summed E-state index contributed by atoms with van der Waals surface area (Å²) in [7, 11) is 0. The van der Waals surface area contributed by atoms with Crippen LogP contribution in [0.15, 0.2) is 48.5 Å². The Morgan fingerprint density at radius 1 is 1.05 bits per heavy atom. The zero-order valence-corrected chi connectivity index (χ0v) is 12.4. The zero-order chi connectivity index (χ0) is 14.5. The van der Waals surface area contributed by atoms with E-state index in [0.29, 0.717) is 17.5 Å². The number of aryl methyl sites for hydroxylation is 1. The number of nitrogens with one attached hydrogen (secondary N) is 1. The van der Waals surface area contributed by atoms with Gasteiger partial charge in [-0.2, -0.15) is 0 Å². The van der Waals surface area contributed by atoms with E-state index in [-0.39, 0.29) is 5.82 Å². The van der Waals surface area contributed by atoms with E-state index in [0.717, 1.165) is 12.1 Å². The predicted octanol–water partition coefficient (Wildman–Crippen LogP) is 4.62. The molecule has 1 atom stereocenters. The summed E-state index contributed by atoms with van der Waals surface area (Å²) in [6, 6.07) is 16.1. The summed E-state index contributed by atoms with van der Waals surface area (Å²) in [6.07, 6.45) is 0. The van der Waals surface area contributed by atoms with Crippen LogP contribution in [0.1, 0.15) is 36.6 Å². The molecule has 1 N–H and O–H groups in total. The molecule has 2 aromatic carbocycles. The van der Waals surface area contributed by atoms with Gasteiger partial charge in [-0.05, 0) is 35.6 Å². The maximum Gasteiger partial charge on any atom is 0.126 e. The van der Waals surface area contributed by atoms with E-state index in [2.05, 4.69) is 43.4 Å². The number of rotatable bonds is 5. The second-order valence-corrected chi connectivity index (χ2v) is 5.60. The maximum absolute atomic E-state index is 13.3. The molecule has 2 aromatic rings. The fraction of sp³-hybridized carbons (Fsp3) is 0.333. The summed E-state index contributed by atoms with van der Waals surface area (Å²) in [5, 5.41) is 3.58. The average Bonchev–Trinajstić information content (AvgIpc) is 2.44. The highest BCUT2D eigenvalue weighted by Gasteiger charge is 2.14. The lowest BCUT2D eigenvalue weighted by Crippen LogP contribution is -2.25. The van der Waals surface area contributed by atoms with Crippen LogP contribution in [0.4, 0.5) is 4.39 Å². The van der Waals surface area contributed by atoms with Gasteiger partial charge in [0.25, 0.3) is 0 Å². The van der Waals surface area contributed by atoms with Crippen LogP contribution in [-0.2, 0) is 6.54 Å². The largest absolute Gasteiger partial charge is 0.306 e. The van der Waals surface area contributed by atoms with Gasteiger partial charge in [-0.3, -0.25) is 0 Å².